The second-order valence-corrected chi connectivity index (χ2v) is 11.3. The number of amides is 1. The maximum absolute atomic E-state index is 13.5. The molecule has 7 N–H and O–H groups in total. The molecule has 0 radical (unpaired) electrons. The first-order chi connectivity index (χ1) is 21.1. The summed E-state index contributed by atoms with van der Waals surface area (Å²) >= 11 is 0. The van der Waals surface area contributed by atoms with Crippen LogP contribution in [0.25, 0.3) is 11.1 Å². The molecule has 3 aromatic rings. The Hall–Kier alpha value is -4.80. The van der Waals surface area contributed by atoms with Crippen molar-refractivity contribution in [3.8, 4) is 11.1 Å². The number of aliphatic carboxylic acids is 1. The Labute approximate surface area is 256 Å². The molecule has 240 valence electrons. The lowest BCUT2D eigenvalue weighted by molar-refractivity contribution is -0.192. The maximum atomic E-state index is 13.5. The van der Waals surface area contributed by atoms with Crippen LogP contribution in [0.2, 0.25) is 0 Å². The molecule has 0 fully saturated rings. The summed E-state index contributed by atoms with van der Waals surface area (Å²) in [4.78, 5) is 28.1. The Bertz CT molecular complexity index is 1700. The Balaban J connectivity index is 0.000000707. The summed E-state index contributed by atoms with van der Waals surface area (Å²) in [7, 11) is -3.91. The van der Waals surface area contributed by atoms with Gasteiger partial charge in [-0.1, -0.05) is 60.6 Å². The van der Waals surface area contributed by atoms with Crippen molar-refractivity contribution in [3.05, 3.63) is 83.9 Å². The van der Waals surface area contributed by atoms with E-state index in [0.29, 0.717) is 40.3 Å². The molecule has 1 aliphatic rings. The van der Waals surface area contributed by atoms with Gasteiger partial charge >= 0.3 is 12.1 Å². The van der Waals surface area contributed by atoms with E-state index >= 15 is 0 Å². The van der Waals surface area contributed by atoms with Gasteiger partial charge in [0.25, 0.3) is 5.91 Å². The van der Waals surface area contributed by atoms with Gasteiger partial charge in [-0.15, -0.1) is 0 Å². The Kier molecular flexibility index (Phi) is 11.0. The highest BCUT2D eigenvalue weighted by molar-refractivity contribution is 7.89. The molecule has 45 heavy (non-hydrogen) atoms. The van der Waals surface area contributed by atoms with E-state index in [1.807, 2.05) is 13.0 Å². The SMILES string of the molecule is CCCOCC1(C(=O)Nc2ccc(-c3ccccc3S(N)(=O)=O)cc2)CC(c2cccc(C(=N)N)c2)=NO1.O=C(O)C(F)(F)F. The zero-order valence-corrected chi connectivity index (χ0v) is 24.6. The predicted molar refractivity (Wildman–Crippen MR) is 159 cm³/mol. The summed E-state index contributed by atoms with van der Waals surface area (Å²) in [5, 5.41) is 27.2. The van der Waals surface area contributed by atoms with E-state index in [1.165, 1.54) is 6.07 Å². The van der Waals surface area contributed by atoms with Gasteiger partial charge in [-0.2, -0.15) is 13.2 Å². The van der Waals surface area contributed by atoms with Crippen LogP contribution in [-0.2, 0) is 29.2 Å². The third-order valence-electron chi connectivity index (χ3n) is 6.28. The number of nitrogens with zero attached hydrogens (tertiary/aromatic N) is 1. The molecule has 1 atom stereocenters. The van der Waals surface area contributed by atoms with Gasteiger partial charge in [-0.25, -0.2) is 18.4 Å². The number of hydrogen-bond acceptors (Lipinski definition) is 8. The van der Waals surface area contributed by atoms with E-state index in [1.54, 1.807) is 60.7 Å². The van der Waals surface area contributed by atoms with Crippen molar-refractivity contribution in [3.63, 3.8) is 0 Å². The summed E-state index contributed by atoms with van der Waals surface area (Å²) in [6, 6.07) is 20.2. The number of nitrogen functional groups attached to an aromatic ring is 1. The Morgan fingerprint density at radius 2 is 1.73 bits per heavy atom. The number of amidine groups is 1. The first-order valence-corrected chi connectivity index (χ1v) is 14.7. The normalized spacial score (nSPS) is 16.1. The van der Waals surface area contributed by atoms with Gasteiger partial charge in [-0.05, 0) is 36.2 Å². The molecular weight excluding hydrogens is 619 g/mol. The standard InChI is InChI=1S/C27H29N5O5S.C2HF3O2/c1-2-14-36-17-27(16-23(32-37-27)19-6-5-7-20(15-19)25(28)29)26(33)31-21-12-10-18(11-13-21)22-8-3-4-9-24(22)38(30,34)35;3-2(4,5)1(6)7/h3-13,15H,2,14,16-17H2,1H3,(H3,28,29)(H,31,33)(H2,30,34,35);(H,6,7). The number of nitrogens with two attached hydrogens (primary N) is 2. The van der Waals surface area contributed by atoms with Crippen molar-refractivity contribution in [2.45, 2.75) is 36.4 Å². The number of halogens is 3. The third-order valence-corrected chi connectivity index (χ3v) is 7.25. The molecule has 0 aromatic heterocycles. The van der Waals surface area contributed by atoms with Crippen LogP contribution in [0.1, 0.15) is 30.9 Å². The van der Waals surface area contributed by atoms with Crippen LogP contribution >= 0.6 is 0 Å². The van der Waals surface area contributed by atoms with Crippen LogP contribution in [0, 0.1) is 5.41 Å². The number of nitrogens with one attached hydrogen (secondary N) is 2. The fourth-order valence-corrected chi connectivity index (χ4v) is 4.84. The molecule has 16 heteroatoms. The lowest BCUT2D eigenvalue weighted by Gasteiger charge is -2.25. The lowest BCUT2D eigenvalue weighted by Crippen LogP contribution is -2.47. The zero-order chi connectivity index (χ0) is 33.4. The van der Waals surface area contributed by atoms with Crippen LogP contribution in [0.3, 0.4) is 0 Å². The highest BCUT2D eigenvalue weighted by Gasteiger charge is 2.47. The summed E-state index contributed by atoms with van der Waals surface area (Å²) in [6.45, 7) is 2.41. The number of ether oxygens (including phenoxy) is 1. The van der Waals surface area contributed by atoms with E-state index in [0.717, 1.165) is 6.42 Å². The summed E-state index contributed by atoms with van der Waals surface area (Å²) in [6.07, 6.45) is -4.16. The summed E-state index contributed by atoms with van der Waals surface area (Å²) < 4.78 is 61.4. The third kappa shape index (κ3) is 9.10. The van der Waals surface area contributed by atoms with Gasteiger partial charge in [-0.3, -0.25) is 10.2 Å². The fraction of sp³-hybridized carbons (Fsp3) is 0.241. The average Bonchev–Trinajstić information content (AvgIpc) is 3.43. The molecule has 0 saturated heterocycles. The molecule has 1 aliphatic heterocycles. The smallest absolute Gasteiger partial charge is 0.475 e. The number of carbonyl (C=O) groups is 2. The van der Waals surface area contributed by atoms with Crippen molar-refractivity contribution < 1.29 is 45.9 Å². The van der Waals surface area contributed by atoms with Gasteiger partial charge in [0.05, 0.1) is 17.2 Å². The number of primary sulfonamides is 1. The van der Waals surface area contributed by atoms with E-state index in [-0.39, 0.29) is 23.8 Å². The molecule has 0 saturated carbocycles. The highest BCUT2D eigenvalue weighted by atomic mass is 32.2. The number of alkyl halides is 3. The Morgan fingerprint density at radius 1 is 1.09 bits per heavy atom. The lowest BCUT2D eigenvalue weighted by atomic mass is 9.93. The second-order valence-electron chi connectivity index (χ2n) is 9.72. The zero-order valence-electron chi connectivity index (χ0n) is 23.8. The monoisotopic (exact) mass is 649 g/mol. The molecule has 1 amide bonds. The molecule has 0 bridgehead atoms. The van der Waals surface area contributed by atoms with Crippen molar-refractivity contribution >= 4 is 39.1 Å². The average molecular weight is 650 g/mol. The molecule has 1 unspecified atom stereocenters. The Morgan fingerprint density at radius 3 is 2.31 bits per heavy atom. The number of carboxylic acid groups (broad SMARTS) is 1. The van der Waals surface area contributed by atoms with Crippen molar-refractivity contribution in [1.29, 1.82) is 5.41 Å². The number of hydrogen-bond donors (Lipinski definition) is 5. The first-order valence-electron chi connectivity index (χ1n) is 13.2. The van der Waals surface area contributed by atoms with Gasteiger partial charge in [0.15, 0.2) is 0 Å². The van der Waals surface area contributed by atoms with E-state index in [2.05, 4.69) is 10.5 Å². The number of rotatable bonds is 10. The topological polar surface area (TPSA) is 207 Å². The van der Waals surface area contributed by atoms with Crippen LogP contribution in [0.4, 0.5) is 18.9 Å². The fourth-order valence-electron chi connectivity index (χ4n) is 4.08. The number of oxime groups is 1. The molecular formula is C29H30F3N5O7S. The maximum Gasteiger partial charge on any atom is 0.490 e. The number of carboxylic acids is 1. The number of anilines is 1. The van der Waals surface area contributed by atoms with Crippen molar-refractivity contribution in [2.75, 3.05) is 18.5 Å². The van der Waals surface area contributed by atoms with Crippen LogP contribution in [-0.4, -0.2) is 61.9 Å². The van der Waals surface area contributed by atoms with E-state index in [4.69, 9.17) is 35.8 Å². The van der Waals surface area contributed by atoms with Crippen molar-refractivity contribution in [2.24, 2.45) is 16.0 Å². The number of sulfonamides is 1. The van der Waals surface area contributed by atoms with Gasteiger partial charge in [0, 0.05) is 35.4 Å². The molecule has 12 nitrogen and oxygen atoms in total. The molecule has 3 aromatic carbocycles. The minimum absolute atomic E-state index is 0.00804. The number of carbonyl (C=O) groups excluding carboxylic acids is 1. The molecule has 0 aliphatic carbocycles. The van der Waals surface area contributed by atoms with Crippen LogP contribution < -0.4 is 16.2 Å². The number of benzene rings is 3. The van der Waals surface area contributed by atoms with E-state index in [9.17, 15) is 26.4 Å². The highest BCUT2D eigenvalue weighted by Crippen LogP contribution is 2.31. The van der Waals surface area contributed by atoms with Gasteiger partial charge in [0.1, 0.15) is 5.84 Å². The van der Waals surface area contributed by atoms with E-state index < -0.39 is 33.7 Å². The second kappa shape index (κ2) is 14.3. The quantitative estimate of drug-likeness (QED) is 0.124. The molecule has 1 heterocycles. The van der Waals surface area contributed by atoms with Gasteiger partial charge in [0.2, 0.25) is 15.6 Å². The minimum Gasteiger partial charge on any atom is -0.475 e. The van der Waals surface area contributed by atoms with Gasteiger partial charge < -0.3 is 25.7 Å². The first kappa shape index (κ1) is 34.7. The predicted octanol–water partition coefficient (Wildman–Crippen LogP) is 3.85. The van der Waals surface area contributed by atoms with Crippen molar-refractivity contribution in [1.82, 2.24) is 0 Å². The molecule has 0 spiro atoms. The molecule has 4 rings (SSSR count). The minimum atomic E-state index is -5.08. The van der Waals surface area contributed by atoms with Crippen LogP contribution in [0.15, 0.2) is 82.8 Å². The largest absolute Gasteiger partial charge is 0.490 e. The summed E-state index contributed by atoms with van der Waals surface area (Å²) in [5.41, 5.74) is 7.57. The summed E-state index contributed by atoms with van der Waals surface area (Å²) in [5.74, 6) is -3.27. The van der Waals surface area contributed by atoms with Crippen LogP contribution in [0.5, 0.6) is 0 Å².